The van der Waals surface area contributed by atoms with Crippen LogP contribution in [0, 0.1) is 0 Å². The van der Waals surface area contributed by atoms with E-state index in [4.69, 9.17) is 4.43 Å². The molecule has 0 aliphatic rings. The summed E-state index contributed by atoms with van der Waals surface area (Å²) in [4.78, 5) is 0. The molecule has 0 atom stereocenters. The van der Waals surface area contributed by atoms with Gasteiger partial charge in [-0.3, -0.25) is 0 Å². The third-order valence-corrected chi connectivity index (χ3v) is 13.0. The summed E-state index contributed by atoms with van der Waals surface area (Å²) < 4.78 is 9.60. The standard InChI is InChI=1S/C24H34OSiTe/c1-7-8-19-27-23(25-26(5,6)24(2,3)4)22(20-15-11-9-12-16-20)21-17-13-10-14-18-21/h9-18H,7-8,19H2,1-6H3. The van der Waals surface area contributed by atoms with Gasteiger partial charge in [0.1, 0.15) is 0 Å². The maximum atomic E-state index is 7.00. The first-order chi connectivity index (χ1) is 12.8. The predicted octanol–water partition coefficient (Wildman–Crippen LogP) is 7.35. The summed E-state index contributed by atoms with van der Waals surface area (Å²) in [6.07, 6.45) is 2.55. The Morgan fingerprint density at radius 3 is 1.78 bits per heavy atom. The van der Waals surface area contributed by atoms with Gasteiger partial charge < -0.3 is 0 Å². The van der Waals surface area contributed by atoms with Crippen molar-refractivity contribution < 1.29 is 4.43 Å². The van der Waals surface area contributed by atoms with Crippen LogP contribution in [0.2, 0.25) is 22.6 Å². The number of hydrogen-bond donors (Lipinski definition) is 0. The number of unbranched alkanes of at least 4 members (excludes halogenated alkanes) is 1. The molecule has 0 aromatic heterocycles. The van der Waals surface area contributed by atoms with E-state index in [-0.39, 0.29) is 26.0 Å². The molecule has 2 aromatic rings. The topological polar surface area (TPSA) is 9.23 Å². The van der Waals surface area contributed by atoms with Gasteiger partial charge >= 0.3 is 178 Å². The van der Waals surface area contributed by atoms with Gasteiger partial charge in [0, 0.05) is 0 Å². The second-order valence-corrected chi connectivity index (χ2v) is 16.2. The first-order valence-electron chi connectivity index (χ1n) is 9.93. The molecular weight excluding hydrogens is 460 g/mol. The molecule has 0 unspecified atom stereocenters. The van der Waals surface area contributed by atoms with Gasteiger partial charge in [-0.05, 0) is 0 Å². The van der Waals surface area contributed by atoms with Crippen LogP contribution in [0.1, 0.15) is 51.7 Å². The van der Waals surface area contributed by atoms with Crippen LogP contribution >= 0.6 is 0 Å². The Morgan fingerprint density at radius 1 is 0.889 bits per heavy atom. The molecule has 0 saturated carbocycles. The molecule has 3 heteroatoms. The molecule has 0 amide bonds. The van der Waals surface area contributed by atoms with Gasteiger partial charge in [0.2, 0.25) is 0 Å². The van der Waals surface area contributed by atoms with E-state index in [1.54, 1.807) is 0 Å². The van der Waals surface area contributed by atoms with Crippen molar-refractivity contribution in [1.82, 2.24) is 0 Å². The Hall–Kier alpha value is -1.01. The Morgan fingerprint density at radius 2 is 1.37 bits per heavy atom. The summed E-state index contributed by atoms with van der Waals surface area (Å²) >= 11 is -0.373. The summed E-state index contributed by atoms with van der Waals surface area (Å²) in [7, 11) is -1.88. The summed E-state index contributed by atoms with van der Waals surface area (Å²) in [5, 5.41) is 0.203. The first-order valence-corrected chi connectivity index (χ1v) is 15.7. The molecule has 0 saturated heterocycles. The van der Waals surface area contributed by atoms with Crippen LogP contribution < -0.4 is 0 Å². The second kappa shape index (κ2) is 9.96. The van der Waals surface area contributed by atoms with Crippen LogP contribution in [0.15, 0.2) is 64.5 Å². The fourth-order valence-electron chi connectivity index (χ4n) is 2.46. The van der Waals surface area contributed by atoms with Gasteiger partial charge in [-0.15, -0.1) is 0 Å². The molecule has 0 aliphatic heterocycles. The molecule has 0 heterocycles. The molecule has 0 aliphatic carbocycles. The summed E-state index contributed by atoms with van der Waals surface area (Å²) in [5.41, 5.74) is 3.87. The van der Waals surface area contributed by atoms with E-state index in [9.17, 15) is 0 Å². The Balaban J connectivity index is 2.60. The fraction of sp³-hybridized carbons (Fsp3) is 0.417. The van der Waals surface area contributed by atoms with Gasteiger partial charge in [-0.1, -0.05) is 0 Å². The van der Waals surface area contributed by atoms with Crippen LogP contribution in [0.25, 0.3) is 5.57 Å². The molecule has 0 bridgehead atoms. The number of hydrogen-bond acceptors (Lipinski definition) is 1. The van der Waals surface area contributed by atoms with Crippen LogP contribution in [-0.4, -0.2) is 29.2 Å². The summed E-state index contributed by atoms with van der Waals surface area (Å²) in [6, 6.07) is 21.6. The Kier molecular flexibility index (Phi) is 8.22. The third-order valence-electron chi connectivity index (χ3n) is 5.21. The van der Waals surface area contributed by atoms with Gasteiger partial charge in [-0.25, -0.2) is 0 Å². The number of rotatable bonds is 8. The van der Waals surface area contributed by atoms with Crippen LogP contribution in [0.4, 0.5) is 0 Å². The van der Waals surface area contributed by atoms with Crippen LogP contribution in [-0.2, 0) is 4.43 Å². The Labute approximate surface area is 177 Å². The molecule has 0 radical (unpaired) electrons. The monoisotopic (exact) mass is 496 g/mol. The van der Waals surface area contributed by atoms with Gasteiger partial charge in [0.15, 0.2) is 0 Å². The van der Waals surface area contributed by atoms with Crippen molar-refractivity contribution in [3.05, 3.63) is 75.6 Å². The Bertz CT molecular complexity index is 688. The average Bonchev–Trinajstić information content (AvgIpc) is 2.62. The quantitative estimate of drug-likeness (QED) is 0.212. The van der Waals surface area contributed by atoms with Crippen molar-refractivity contribution in [3.63, 3.8) is 0 Å². The molecule has 0 N–H and O–H groups in total. The molecule has 146 valence electrons. The zero-order valence-electron chi connectivity index (χ0n) is 17.7. The van der Waals surface area contributed by atoms with Gasteiger partial charge in [-0.2, -0.15) is 0 Å². The van der Waals surface area contributed by atoms with E-state index in [0.717, 1.165) is 0 Å². The van der Waals surface area contributed by atoms with Crippen molar-refractivity contribution in [2.24, 2.45) is 0 Å². The third kappa shape index (κ3) is 6.24. The van der Waals surface area contributed by atoms with E-state index >= 15 is 0 Å². The molecule has 2 rings (SSSR count). The molecule has 2 aromatic carbocycles. The summed E-state index contributed by atoms with van der Waals surface area (Å²) in [5.74, 6) is 0. The fourth-order valence-corrected chi connectivity index (χ4v) is 8.53. The van der Waals surface area contributed by atoms with Crippen molar-refractivity contribution in [1.29, 1.82) is 0 Å². The normalized spacial score (nSPS) is 11.9. The van der Waals surface area contributed by atoms with Crippen molar-refractivity contribution in [3.8, 4) is 0 Å². The van der Waals surface area contributed by atoms with E-state index in [1.165, 1.54) is 37.8 Å². The minimum atomic E-state index is -1.88. The van der Waals surface area contributed by atoms with E-state index < -0.39 is 8.32 Å². The molecule has 1 nitrogen and oxygen atoms in total. The van der Waals surface area contributed by atoms with E-state index in [1.807, 2.05) is 0 Å². The predicted molar refractivity (Wildman–Crippen MR) is 123 cm³/mol. The summed E-state index contributed by atoms with van der Waals surface area (Å²) in [6.45, 7) is 14.0. The first kappa shape index (κ1) is 22.3. The molecule has 0 fully saturated rings. The van der Waals surface area contributed by atoms with Crippen LogP contribution in [0.3, 0.4) is 0 Å². The second-order valence-electron chi connectivity index (χ2n) is 8.46. The minimum absolute atomic E-state index is 0.203. The van der Waals surface area contributed by atoms with E-state index in [2.05, 4.69) is 101 Å². The van der Waals surface area contributed by atoms with Crippen molar-refractivity contribution >= 4 is 34.8 Å². The zero-order valence-corrected chi connectivity index (χ0v) is 21.0. The average molecular weight is 494 g/mol. The maximum absolute atomic E-state index is 7.00. The number of benzene rings is 2. The van der Waals surface area contributed by atoms with E-state index in [0.29, 0.717) is 0 Å². The van der Waals surface area contributed by atoms with Crippen molar-refractivity contribution in [2.45, 2.75) is 63.1 Å². The molecule has 27 heavy (non-hydrogen) atoms. The molecule has 0 spiro atoms. The van der Waals surface area contributed by atoms with Gasteiger partial charge in [0.25, 0.3) is 0 Å². The van der Waals surface area contributed by atoms with Crippen LogP contribution in [0.5, 0.6) is 0 Å². The SMILES string of the molecule is CCCC[Te]C(O[Si](C)(C)C(C)(C)C)=C(c1ccccc1)c1ccccc1. The molecular formula is C24H34OSiTe. The van der Waals surface area contributed by atoms with Crippen molar-refractivity contribution in [2.75, 3.05) is 0 Å². The van der Waals surface area contributed by atoms with Gasteiger partial charge in [0.05, 0.1) is 0 Å². The zero-order chi connectivity index (χ0) is 19.9.